The molecule has 0 saturated carbocycles. The zero-order valence-corrected chi connectivity index (χ0v) is 30.4. The molecule has 1 unspecified atom stereocenters. The summed E-state index contributed by atoms with van der Waals surface area (Å²) in [5.41, 5.74) is 3.59. The molecule has 0 aromatic carbocycles. The van der Waals surface area contributed by atoms with Crippen molar-refractivity contribution in [2.75, 3.05) is 19.8 Å². The van der Waals surface area contributed by atoms with Gasteiger partial charge in [-0.25, -0.2) is 4.57 Å². The summed E-state index contributed by atoms with van der Waals surface area (Å²) in [5.74, 6) is -0.184. The Morgan fingerprint density at radius 1 is 0.711 bits per heavy atom. The molecule has 0 radical (unpaired) electrons. The number of unbranched alkanes of at least 4 members (excludes halogenated alkanes) is 23. The summed E-state index contributed by atoms with van der Waals surface area (Å²) < 4.78 is 22.1. The van der Waals surface area contributed by atoms with Gasteiger partial charge in [0.05, 0.1) is 25.3 Å². The molecule has 0 heterocycles. The smallest absolute Gasteiger partial charge is 0.387 e. The molecular formula is C36H74N2O6P+. The maximum atomic E-state index is 12.7. The first-order valence-electron chi connectivity index (χ1n) is 18.9. The summed E-state index contributed by atoms with van der Waals surface area (Å²) in [6.07, 6.45) is 34.0. The van der Waals surface area contributed by atoms with Crippen LogP contribution in [0.4, 0.5) is 0 Å². The van der Waals surface area contributed by atoms with Gasteiger partial charge in [-0.2, -0.15) is 0 Å². The van der Waals surface area contributed by atoms with Gasteiger partial charge in [-0.05, 0) is 19.3 Å². The Hall–Kier alpha value is -0.760. The first-order chi connectivity index (χ1) is 21.9. The van der Waals surface area contributed by atoms with E-state index in [1.807, 2.05) is 6.08 Å². The van der Waals surface area contributed by atoms with Crippen molar-refractivity contribution in [3.8, 4) is 0 Å². The number of aliphatic hydroxyl groups excluding tert-OH is 1. The Kier molecular flexibility index (Phi) is 32.6. The van der Waals surface area contributed by atoms with Gasteiger partial charge in [0.2, 0.25) is 5.91 Å². The van der Waals surface area contributed by atoms with E-state index in [-0.39, 0.29) is 19.1 Å². The molecule has 0 aromatic rings. The number of hydrogen-bond acceptors (Lipinski definition) is 5. The van der Waals surface area contributed by atoms with Crippen molar-refractivity contribution in [3.63, 3.8) is 0 Å². The van der Waals surface area contributed by atoms with Crippen LogP contribution in [-0.2, 0) is 18.4 Å². The molecule has 0 fully saturated rings. The number of nitrogens with one attached hydrogen (secondary N) is 1. The number of amides is 1. The van der Waals surface area contributed by atoms with E-state index in [1.54, 1.807) is 6.08 Å². The van der Waals surface area contributed by atoms with Gasteiger partial charge in [0, 0.05) is 6.42 Å². The average molecular weight is 662 g/mol. The van der Waals surface area contributed by atoms with Gasteiger partial charge in [-0.15, -0.1) is 0 Å². The highest BCUT2D eigenvalue weighted by Crippen LogP contribution is 2.43. The minimum atomic E-state index is -4.28. The average Bonchev–Trinajstić information content (AvgIpc) is 3.02. The normalized spacial score (nSPS) is 14.5. The summed E-state index contributed by atoms with van der Waals surface area (Å²) in [6.45, 7) is 4.51. The van der Waals surface area contributed by atoms with Crippen LogP contribution >= 0.6 is 7.82 Å². The highest BCUT2D eigenvalue weighted by molar-refractivity contribution is 7.47. The van der Waals surface area contributed by atoms with E-state index in [1.165, 1.54) is 122 Å². The summed E-state index contributed by atoms with van der Waals surface area (Å²) in [5, 5.41) is 13.6. The van der Waals surface area contributed by atoms with Gasteiger partial charge in [-0.1, -0.05) is 167 Å². The monoisotopic (exact) mass is 662 g/mol. The van der Waals surface area contributed by atoms with Crippen molar-refractivity contribution in [1.82, 2.24) is 5.32 Å². The molecule has 6 N–H and O–H groups in total. The Morgan fingerprint density at radius 3 is 1.58 bits per heavy atom. The Bertz CT molecular complexity index is 724. The number of allylic oxidation sites excluding steroid dienone is 1. The van der Waals surface area contributed by atoms with Crippen LogP contribution in [0.25, 0.3) is 0 Å². The van der Waals surface area contributed by atoms with Crippen molar-refractivity contribution in [3.05, 3.63) is 12.2 Å². The second-order valence-electron chi connectivity index (χ2n) is 12.9. The maximum Gasteiger partial charge on any atom is 0.472 e. The molecule has 268 valence electrons. The fourth-order valence-electron chi connectivity index (χ4n) is 5.50. The summed E-state index contributed by atoms with van der Waals surface area (Å²) in [6, 6.07) is -0.836. The number of phosphoric ester groups is 1. The number of aliphatic hydroxyl groups is 1. The number of carbonyl (C=O) groups is 1. The molecule has 0 aromatic heterocycles. The van der Waals surface area contributed by atoms with E-state index >= 15 is 0 Å². The summed E-state index contributed by atoms with van der Waals surface area (Å²) >= 11 is 0. The lowest BCUT2D eigenvalue weighted by atomic mass is 10.0. The first-order valence-corrected chi connectivity index (χ1v) is 20.4. The van der Waals surface area contributed by atoms with Gasteiger partial charge >= 0.3 is 7.82 Å². The van der Waals surface area contributed by atoms with Gasteiger partial charge < -0.3 is 21.1 Å². The molecule has 0 aliphatic carbocycles. The maximum absolute atomic E-state index is 12.7. The number of hydrogen-bond donors (Lipinski definition) is 4. The minimum Gasteiger partial charge on any atom is -0.387 e. The van der Waals surface area contributed by atoms with Gasteiger partial charge in [-0.3, -0.25) is 13.8 Å². The summed E-state index contributed by atoms with van der Waals surface area (Å²) in [4.78, 5) is 22.6. The number of phosphoric acid groups is 1. The highest BCUT2D eigenvalue weighted by Gasteiger charge is 2.27. The molecule has 3 atom stereocenters. The van der Waals surface area contributed by atoms with Gasteiger partial charge in [0.25, 0.3) is 0 Å². The molecule has 0 aliphatic heterocycles. The SMILES string of the molecule is CCCCCCCCCCCCC/C=C/[C@H](O)[C@@H](COP(=O)(O)OCC[NH3+])NC(=O)CCCCCCCCCCCCCCC. The van der Waals surface area contributed by atoms with E-state index < -0.39 is 20.0 Å². The molecule has 1 amide bonds. The molecule has 0 rings (SSSR count). The first kappa shape index (κ1) is 44.2. The van der Waals surface area contributed by atoms with Crippen molar-refractivity contribution in [1.29, 1.82) is 0 Å². The van der Waals surface area contributed by atoms with E-state index in [2.05, 4.69) is 24.9 Å². The topological polar surface area (TPSA) is 133 Å². The highest BCUT2D eigenvalue weighted by atomic mass is 31.2. The number of carbonyl (C=O) groups excluding carboxylic acids is 1. The van der Waals surface area contributed by atoms with Crippen LogP contribution in [-0.4, -0.2) is 47.8 Å². The lowest BCUT2D eigenvalue weighted by molar-refractivity contribution is -0.371. The fourth-order valence-corrected chi connectivity index (χ4v) is 6.28. The van der Waals surface area contributed by atoms with Crippen LogP contribution in [0.2, 0.25) is 0 Å². The Balaban J connectivity index is 4.31. The second kappa shape index (κ2) is 33.2. The third kappa shape index (κ3) is 31.6. The molecule has 0 aliphatic rings. The predicted octanol–water partition coefficient (Wildman–Crippen LogP) is 8.95. The standard InChI is InChI=1S/C36H73N2O6P/c1-3-5-7-9-11-13-15-17-19-21-23-25-27-29-35(39)34(33-44-45(41,42)43-32-31-37)38-36(40)30-28-26-24-22-20-18-16-14-12-10-8-6-4-2/h27,29,34-35,39H,3-26,28,30-33,37H2,1-2H3,(H,38,40)(H,41,42)/p+1/b29-27+/t34-,35+/m1/s1. The van der Waals surface area contributed by atoms with E-state index in [0.717, 1.165) is 38.5 Å². The van der Waals surface area contributed by atoms with Crippen molar-refractivity contribution in [2.45, 2.75) is 193 Å². The van der Waals surface area contributed by atoms with Gasteiger partial charge in [0.15, 0.2) is 0 Å². The van der Waals surface area contributed by atoms with Crippen molar-refractivity contribution >= 4 is 13.7 Å². The minimum absolute atomic E-state index is 0.00866. The van der Waals surface area contributed by atoms with Crippen LogP contribution in [0.5, 0.6) is 0 Å². The zero-order valence-electron chi connectivity index (χ0n) is 29.5. The molecule has 45 heavy (non-hydrogen) atoms. The van der Waals surface area contributed by atoms with Crippen LogP contribution in [0, 0.1) is 0 Å². The molecule has 0 bridgehead atoms. The van der Waals surface area contributed by atoms with Crippen LogP contribution in [0.3, 0.4) is 0 Å². The van der Waals surface area contributed by atoms with Crippen molar-refractivity contribution < 1.29 is 34.1 Å². The van der Waals surface area contributed by atoms with Crippen LogP contribution in [0.1, 0.15) is 181 Å². The van der Waals surface area contributed by atoms with Gasteiger partial charge in [0.1, 0.15) is 6.61 Å². The fraction of sp³-hybridized carbons (Fsp3) is 0.917. The Morgan fingerprint density at radius 2 is 1.13 bits per heavy atom. The lowest BCUT2D eigenvalue weighted by Crippen LogP contribution is -2.52. The quantitative estimate of drug-likeness (QED) is 0.0305. The second-order valence-corrected chi connectivity index (χ2v) is 14.3. The lowest BCUT2D eigenvalue weighted by Gasteiger charge is -2.23. The third-order valence-electron chi connectivity index (χ3n) is 8.39. The predicted molar refractivity (Wildman–Crippen MR) is 188 cm³/mol. The van der Waals surface area contributed by atoms with Crippen LogP contribution < -0.4 is 11.1 Å². The molecular weight excluding hydrogens is 587 g/mol. The van der Waals surface area contributed by atoms with E-state index in [0.29, 0.717) is 13.0 Å². The molecule has 0 spiro atoms. The molecule has 9 heteroatoms. The largest absolute Gasteiger partial charge is 0.472 e. The number of quaternary nitrogens is 1. The third-order valence-corrected chi connectivity index (χ3v) is 9.37. The molecule has 8 nitrogen and oxygen atoms in total. The Labute approximate surface area is 277 Å². The van der Waals surface area contributed by atoms with E-state index in [4.69, 9.17) is 9.05 Å². The van der Waals surface area contributed by atoms with Crippen LogP contribution in [0.15, 0.2) is 12.2 Å². The number of rotatable bonds is 35. The van der Waals surface area contributed by atoms with Crippen molar-refractivity contribution in [2.24, 2.45) is 0 Å². The zero-order chi connectivity index (χ0) is 33.3. The summed E-state index contributed by atoms with van der Waals surface area (Å²) in [7, 11) is -4.28. The molecule has 0 saturated heterocycles. The van der Waals surface area contributed by atoms with E-state index in [9.17, 15) is 19.4 Å².